The second-order valence-electron chi connectivity index (χ2n) is 10.8. The fraction of sp³-hybridized carbons (Fsp3) is 0.235. The van der Waals surface area contributed by atoms with Crippen molar-refractivity contribution in [3.05, 3.63) is 130 Å². The maximum absolute atomic E-state index is 14.4. The first-order chi connectivity index (χ1) is 20.9. The van der Waals surface area contributed by atoms with Gasteiger partial charge in [-0.3, -0.25) is 13.9 Å². The van der Waals surface area contributed by atoms with Gasteiger partial charge in [0.1, 0.15) is 12.6 Å². The number of aryl methyl sites for hydroxylation is 1. The van der Waals surface area contributed by atoms with E-state index >= 15 is 0 Å². The number of nitrogens with zero attached hydrogens (tertiary/aromatic N) is 2. The summed E-state index contributed by atoms with van der Waals surface area (Å²) in [6.07, 6.45) is 0.227. The number of carbonyl (C=O) groups excluding carboxylic acids is 2. The van der Waals surface area contributed by atoms with Gasteiger partial charge in [0.25, 0.3) is 10.0 Å². The lowest BCUT2D eigenvalue weighted by Gasteiger charge is -2.34. The highest BCUT2D eigenvalue weighted by Gasteiger charge is 2.34. The average Bonchev–Trinajstić information content (AvgIpc) is 2.99. The van der Waals surface area contributed by atoms with Gasteiger partial charge in [0.05, 0.1) is 10.6 Å². The van der Waals surface area contributed by atoms with Crippen molar-refractivity contribution in [1.82, 2.24) is 10.2 Å². The number of halogens is 2. The molecule has 0 aliphatic heterocycles. The number of rotatable bonds is 12. The van der Waals surface area contributed by atoms with Gasteiger partial charge < -0.3 is 10.2 Å². The van der Waals surface area contributed by atoms with Gasteiger partial charge in [-0.2, -0.15) is 0 Å². The van der Waals surface area contributed by atoms with Crippen LogP contribution in [0.3, 0.4) is 0 Å². The van der Waals surface area contributed by atoms with Crippen molar-refractivity contribution >= 4 is 50.7 Å². The Balaban J connectivity index is 1.79. The normalized spacial score (nSPS) is 12.0. The molecule has 0 fully saturated rings. The van der Waals surface area contributed by atoms with Gasteiger partial charge in [0, 0.05) is 29.1 Å². The third-order valence-corrected chi connectivity index (χ3v) is 9.26. The van der Waals surface area contributed by atoms with E-state index in [9.17, 15) is 18.0 Å². The van der Waals surface area contributed by atoms with E-state index in [0.717, 1.165) is 21.0 Å². The van der Waals surface area contributed by atoms with E-state index in [1.54, 1.807) is 60.7 Å². The summed E-state index contributed by atoms with van der Waals surface area (Å²) in [7, 11) is -4.19. The van der Waals surface area contributed by atoms with E-state index in [1.807, 2.05) is 51.1 Å². The quantitative estimate of drug-likeness (QED) is 0.186. The minimum absolute atomic E-state index is 0.0356. The fourth-order valence-corrected chi connectivity index (χ4v) is 6.36. The molecule has 0 radical (unpaired) electrons. The Kier molecular flexibility index (Phi) is 11.1. The van der Waals surface area contributed by atoms with Crippen molar-refractivity contribution in [3.63, 3.8) is 0 Å². The molecule has 44 heavy (non-hydrogen) atoms. The monoisotopic (exact) mass is 651 g/mol. The largest absolute Gasteiger partial charge is 0.352 e. The predicted molar refractivity (Wildman–Crippen MR) is 176 cm³/mol. The zero-order valence-corrected chi connectivity index (χ0v) is 27.1. The predicted octanol–water partition coefficient (Wildman–Crippen LogP) is 6.66. The molecule has 0 spiro atoms. The van der Waals surface area contributed by atoms with Crippen LogP contribution in [0, 0.1) is 6.92 Å². The zero-order chi connectivity index (χ0) is 31.9. The van der Waals surface area contributed by atoms with Crippen molar-refractivity contribution in [3.8, 4) is 0 Å². The summed E-state index contributed by atoms with van der Waals surface area (Å²) in [5.74, 6) is -0.893. The molecule has 10 heteroatoms. The van der Waals surface area contributed by atoms with Crippen LogP contribution >= 0.6 is 23.2 Å². The molecule has 7 nitrogen and oxygen atoms in total. The molecule has 0 saturated heterocycles. The maximum atomic E-state index is 14.4. The topological polar surface area (TPSA) is 86.8 Å². The highest BCUT2D eigenvalue weighted by molar-refractivity contribution is 7.92. The second kappa shape index (κ2) is 14.8. The van der Waals surface area contributed by atoms with Gasteiger partial charge in [0.2, 0.25) is 11.8 Å². The van der Waals surface area contributed by atoms with Crippen molar-refractivity contribution in [2.24, 2.45) is 0 Å². The van der Waals surface area contributed by atoms with Crippen molar-refractivity contribution in [2.75, 3.05) is 10.8 Å². The Morgan fingerprint density at radius 3 is 1.91 bits per heavy atom. The van der Waals surface area contributed by atoms with Gasteiger partial charge in [-0.05, 0) is 80.4 Å². The van der Waals surface area contributed by atoms with E-state index in [4.69, 9.17) is 23.2 Å². The Morgan fingerprint density at radius 1 is 0.773 bits per heavy atom. The number of nitrogens with one attached hydrogen (secondary N) is 1. The lowest BCUT2D eigenvalue weighted by Crippen LogP contribution is -2.54. The summed E-state index contributed by atoms with van der Waals surface area (Å²) in [6.45, 7) is 5.06. The third kappa shape index (κ3) is 8.62. The lowest BCUT2D eigenvalue weighted by molar-refractivity contribution is -0.140. The van der Waals surface area contributed by atoms with Crippen LogP contribution in [0.4, 0.5) is 5.69 Å². The smallest absolute Gasteiger partial charge is 0.264 e. The van der Waals surface area contributed by atoms with Crippen molar-refractivity contribution < 1.29 is 18.0 Å². The molecule has 0 aliphatic carbocycles. The Hall–Kier alpha value is -3.85. The summed E-state index contributed by atoms with van der Waals surface area (Å²) in [6, 6.07) is 27.9. The minimum Gasteiger partial charge on any atom is -0.352 e. The number of amides is 2. The summed E-state index contributed by atoms with van der Waals surface area (Å²) in [5, 5.41) is 3.90. The molecule has 0 aromatic heterocycles. The molecular weight excluding hydrogens is 617 g/mol. The molecule has 0 aliphatic rings. The van der Waals surface area contributed by atoms with Gasteiger partial charge in [-0.1, -0.05) is 83.4 Å². The standard InChI is InChI=1S/C34H35Cl2N3O4S/c1-24(2)37-34(41)32(21-26-7-5-4-6-8-26)38(22-27-11-13-28(35)14-12-27)33(40)23-39(30-17-15-29(36)16-18-30)44(42,43)31-19-9-25(3)10-20-31/h4-20,24,32H,21-23H2,1-3H3,(H,37,41). The van der Waals surface area contributed by atoms with E-state index in [1.165, 1.54) is 17.0 Å². The van der Waals surface area contributed by atoms with Crippen molar-refractivity contribution in [2.45, 2.75) is 50.7 Å². The Labute approximate surface area is 269 Å². The van der Waals surface area contributed by atoms with Crippen LogP contribution < -0.4 is 9.62 Å². The third-order valence-electron chi connectivity index (χ3n) is 6.97. The van der Waals surface area contributed by atoms with E-state index in [2.05, 4.69) is 5.32 Å². The lowest BCUT2D eigenvalue weighted by atomic mass is 10.0. The Morgan fingerprint density at radius 2 is 1.34 bits per heavy atom. The van der Waals surface area contributed by atoms with Crippen LogP contribution in [0.2, 0.25) is 10.0 Å². The van der Waals surface area contributed by atoms with E-state index < -0.39 is 28.5 Å². The molecule has 0 heterocycles. The summed E-state index contributed by atoms with van der Waals surface area (Å²) >= 11 is 12.2. The van der Waals surface area contributed by atoms with Crippen LogP contribution in [0.15, 0.2) is 108 Å². The Bertz CT molecular complexity index is 1660. The molecule has 1 atom stereocenters. The van der Waals surface area contributed by atoms with E-state index in [0.29, 0.717) is 10.0 Å². The second-order valence-corrected chi connectivity index (χ2v) is 13.6. The molecule has 0 bridgehead atoms. The van der Waals surface area contributed by atoms with Gasteiger partial charge >= 0.3 is 0 Å². The number of benzene rings is 4. The van der Waals surface area contributed by atoms with Crippen LogP contribution in [0.1, 0.15) is 30.5 Å². The number of anilines is 1. The molecule has 1 N–H and O–H groups in total. The number of hydrogen-bond acceptors (Lipinski definition) is 4. The summed E-state index contributed by atoms with van der Waals surface area (Å²) < 4.78 is 29.2. The average molecular weight is 653 g/mol. The molecule has 230 valence electrons. The molecule has 0 saturated carbocycles. The highest BCUT2D eigenvalue weighted by Crippen LogP contribution is 2.27. The number of sulfonamides is 1. The fourth-order valence-electron chi connectivity index (χ4n) is 4.69. The first kappa shape index (κ1) is 33.1. The van der Waals surface area contributed by atoms with Crippen LogP contribution in [-0.2, 0) is 32.6 Å². The first-order valence-electron chi connectivity index (χ1n) is 14.2. The highest BCUT2D eigenvalue weighted by atomic mass is 35.5. The zero-order valence-electron chi connectivity index (χ0n) is 24.8. The molecular formula is C34H35Cl2N3O4S. The van der Waals surface area contributed by atoms with Gasteiger partial charge in [0.15, 0.2) is 0 Å². The number of carbonyl (C=O) groups is 2. The van der Waals surface area contributed by atoms with Crippen LogP contribution in [-0.4, -0.2) is 43.8 Å². The summed E-state index contributed by atoms with van der Waals surface area (Å²) in [4.78, 5) is 29.6. The molecule has 4 aromatic carbocycles. The molecule has 4 rings (SSSR count). The van der Waals surface area contributed by atoms with Gasteiger partial charge in [-0.25, -0.2) is 8.42 Å². The van der Waals surface area contributed by atoms with Crippen LogP contribution in [0.5, 0.6) is 0 Å². The van der Waals surface area contributed by atoms with E-state index in [-0.39, 0.29) is 35.5 Å². The maximum Gasteiger partial charge on any atom is 0.264 e. The van der Waals surface area contributed by atoms with Gasteiger partial charge in [-0.15, -0.1) is 0 Å². The van der Waals surface area contributed by atoms with Crippen molar-refractivity contribution in [1.29, 1.82) is 0 Å². The molecule has 1 unspecified atom stereocenters. The SMILES string of the molecule is Cc1ccc(S(=O)(=O)N(CC(=O)N(Cc2ccc(Cl)cc2)C(Cc2ccccc2)C(=O)NC(C)C)c2ccc(Cl)cc2)cc1. The minimum atomic E-state index is -4.19. The molecule has 4 aromatic rings. The first-order valence-corrected chi connectivity index (χ1v) is 16.4. The summed E-state index contributed by atoms with van der Waals surface area (Å²) in [5.41, 5.74) is 2.75. The number of hydrogen-bond donors (Lipinski definition) is 1. The van der Waals surface area contributed by atoms with Crippen LogP contribution in [0.25, 0.3) is 0 Å². The molecule has 2 amide bonds.